The lowest BCUT2D eigenvalue weighted by Crippen LogP contribution is -2.55. The second kappa shape index (κ2) is 9.59. The highest BCUT2D eigenvalue weighted by Gasteiger charge is 2.28. The van der Waals surface area contributed by atoms with Gasteiger partial charge in [0.05, 0.1) is 26.4 Å². The molecule has 1 heterocycles. The van der Waals surface area contributed by atoms with Gasteiger partial charge in [-0.05, 0) is 50.1 Å². The van der Waals surface area contributed by atoms with Gasteiger partial charge >= 0.3 is 0 Å². The number of methoxy groups -OCH3 is 3. The molecule has 1 fully saturated rings. The monoisotopic (exact) mass is 418 g/mol. The molecule has 0 aliphatic carbocycles. The molecule has 0 amide bonds. The fourth-order valence-electron chi connectivity index (χ4n) is 4.17. The normalized spacial score (nSPS) is 18.4. The summed E-state index contributed by atoms with van der Waals surface area (Å²) < 4.78 is 16.2. The maximum atomic E-state index is 6.18. The molecular weight excluding hydrogens is 388 g/mol. The van der Waals surface area contributed by atoms with Gasteiger partial charge in [-0.2, -0.15) is 0 Å². The van der Waals surface area contributed by atoms with E-state index in [0.29, 0.717) is 17.1 Å². The van der Waals surface area contributed by atoms with Crippen LogP contribution in [0.5, 0.6) is 17.2 Å². The lowest BCUT2D eigenvalue weighted by atomic mass is 10.0. The molecule has 3 rings (SSSR count). The molecule has 0 saturated carbocycles. The number of hydrogen-bond donors (Lipinski definition) is 0. The van der Waals surface area contributed by atoms with Crippen molar-refractivity contribution in [3.63, 3.8) is 0 Å². The molecule has 0 spiro atoms. The summed E-state index contributed by atoms with van der Waals surface area (Å²) in [6, 6.07) is 13.1. The van der Waals surface area contributed by atoms with E-state index in [1.54, 1.807) is 21.3 Å². The zero-order valence-corrected chi connectivity index (χ0v) is 18.7. The first kappa shape index (κ1) is 21.6. The van der Waals surface area contributed by atoms with Crippen molar-refractivity contribution in [3.8, 4) is 17.2 Å². The first-order valence-corrected chi connectivity index (χ1v) is 10.4. The van der Waals surface area contributed by atoms with Crippen molar-refractivity contribution in [1.82, 2.24) is 4.90 Å². The SMILES string of the molecule is COc1cc(N2CCN(C(C)Cc3ccc(OC)c(OC)c3)[C@@H](C)C2)ccc1Cl. The molecule has 2 aromatic carbocycles. The number of rotatable bonds is 7. The summed E-state index contributed by atoms with van der Waals surface area (Å²) in [7, 11) is 5.00. The number of halogens is 1. The Kier molecular flexibility index (Phi) is 7.14. The summed E-state index contributed by atoms with van der Waals surface area (Å²) in [5.41, 5.74) is 2.41. The smallest absolute Gasteiger partial charge is 0.160 e. The molecule has 1 saturated heterocycles. The fourth-order valence-corrected chi connectivity index (χ4v) is 4.37. The average Bonchev–Trinajstić information content (AvgIpc) is 2.73. The molecule has 6 heteroatoms. The fraction of sp³-hybridized carbons (Fsp3) is 0.478. The Bertz CT molecular complexity index is 830. The predicted octanol–water partition coefficient (Wildman–Crippen LogP) is 4.51. The molecule has 0 N–H and O–H groups in total. The highest BCUT2D eigenvalue weighted by molar-refractivity contribution is 6.32. The molecule has 1 aliphatic rings. The van der Waals surface area contributed by atoms with Crippen LogP contribution in [-0.4, -0.2) is 57.9 Å². The van der Waals surface area contributed by atoms with Crippen LogP contribution in [0.1, 0.15) is 19.4 Å². The maximum absolute atomic E-state index is 6.18. The Morgan fingerprint density at radius 2 is 1.69 bits per heavy atom. The highest BCUT2D eigenvalue weighted by Crippen LogP contribution is 2.31. The molecule has 2 atom stereocenters. The van der Waals surface area contributed by atoms with Gasteiger partial charge in [-0.3, -0.25) is 4.90 Å². The lowest BCUT2D eigenvalue weighted by molar-refractivity contribution is 0.137. The first-order chi connectivity index (χ1) is 14.0. The van der Waals surface area contributed by atoms with Gasteiger partial charge in [-0.1, -0.05) is 17.7 Å². The number of piperazine rings is 1. The van der Waals surface area contributed by atoms with Crippen LogP contribution in [0.3, 0.4) is 0 Å². The van der Waals surface area contributed by atoms with Crippen LogP contribution in [0.4, 0.5) is 5.69 Å². The molecule has 1 unspecified atom stereocenters. The molecule has 1 aliphatic heterocycles. The molecule has 29 heavy (non-hydrogen) atoms. The van der Waals surface area contributed by atoms with E-state index in [-0.39, 0.29) is 0 Å². The van der Waals surface area contributed by atoms with E-state index in [4.69, 9.17) is 25.8 Å². The van der Waals surface area contributed by atoms with Crippen LogP contribution in [-0.2, 0) is 6.42 Å². The van der Waals surface area contributed by atoms with Crippen molar-refractivity contribution < 1.29 is 14.2 Å². The van der Waals surface area contributed by atoms with E-state index in [9.17, 15) is 0 Å². The Morgan fingerprint density at radius 3 is 2.34 bits per heavy atom. The molecular formula is C23H31ClN2O3. The Labute approximate surface area is 179 Å². The van der Waals surface area contributed by atoms with Gasteiger partial charge in [0.15, 0.2) is 11.5 Å². The van der Waals surface area contributed by atoms with Gasteiger partial charge in [0.2, 0.25) is 0 Å². The van der Waals surface area contributed by atoms with E-state index >= 15 is 0 Å². The van der Waals surface area contributed by atoms with Crippen LogP contribution < -0.4 is 19.1 Å². The maximum Gasteiger partial charge on any atom is 0.160 e. The van der Waals surface area contributed by atoms with E-state index in [1.807, 2.05) is 18.2 Å². The zero-order chi connectivity index (χ0) is 21.0. The third kappa shape index (κ3) is 4.90. The number of benzene rings is 2. The van der Waals surface area contributed by atoms with Crippen molar-refractivity contribution in [2.75, 3.05) is 45.9 Å². The van der Waals surface area contributed by atoms with Crippen molar-refractivity contribution in [2.24, 2.45) is 0 Å². The summed E-state index contributed by atoms with van der Waals surface area (Å²) in [4.78, 5) is 4.99. The topological polar surface area (TPSA) is 34.2 Å². The van der Waals surface area contributed by atoms with Gasteiger partial charge in [0.25, 0.3) is 0 Å². The summed E-state index contributed by atoms with van der Waals surface area (Å²) in [6.45, 7) is 7.56. The minimum atomic E-state index is 0.435. The van der Waals surface area contributed by atoms with Crippen LogP contribution in [0.25, 0.3) is 0 Å². The minimum Gasteiger partial charge on any atom is -0.495 e. The molecule has 2 aromatic rings. The van der Waals surface area contributed by atoms with Gasteiger partial charge in [0.1, 0.15) is 5.75 Å². The number of hydrogen-bond acceptors (Lipinski definition) is 5. The van der Waals surface area contributed by atoms with E-state index < -0.39 is 0 Å². The number of nitrogens with zero attached hydrogens (tertiary/aromatic N) is 2. The molecule has 0 bridgehead atoms. The minimum absolute atomic E-state index is 0.435. The molecule has 0 radical (unpaired) electrons. The predicted molar refractivity (Wildman–Crippen MR) is 119 cm³/mol. The van der Waals surface area contributed by atoms with E-state index in [1.165, 1.54) is 5.56 Å². The van der Waals surface area contributed by atoms with Crippen molar-refractivity contribution in [1.29, 1.82) is 0 Å². The third-order valence-corrected chi connectivity index (χ3v) is 6.04. The van der Waals surface area contributed by atoms with E-state index in [2.05, 4.69) is 41.8 Å². The largest absolute Gasteiger partial charge is 0.495 e. The molecule has 0 aromatic heterocycles. The number of ether oxygens (including phenoxy) is 3. The van der Waals surface area contributed by atoms with E-state index in [0.717, 1.165) is 49.0 Å². The van der Waals surface area contributed by atoms with Crippen molar-refractivity contribution in [2.45, 2.75) is 32.4 Å². The van der Waals surface area contributed by atoms with Gasteiger partial charge < -0.3 is 19.1 Å². The quantitative estimate of drug-likeness (QED) is 0.661. The van der Waals surface area contributed by atoms with Crippen LogP contribution >= 0.6 is 11.6 Å². The molecule has 158 valence electrons. The second-order valence-electron chi connectivity index (χ2n) is 7.59. The van der Waals surface area contributed by atoms with Gasteiger partial charge in [-0.25, -0.2) is 0 Å². The average molecular weight is 419 g/mol. The third-order valence-electron chi connectivity index (χ3n) is 5.72. The summed E-state index contributed by atoms with van der Waals surface area (Å²) >= 11 is 6.18. The lowest BCUT2D eigenvalue weighted by Gasteiger charge is -2.44. The summed E-state index contributed by atoms with van der Waals surface area (Å²) in [5, 5.41) is 0.645. The Morgan fingerprint density at radius 1 is 0.966 bits per heavy atom. The van der Waals surface area contributed by atoms with Crippen molar-refractivity contribution in [3.05, 3.63) is 47.0 Å². The van der Waals surface area contributed by atoms with Crippen LogP contribution in [0.15, 0.2) is 36.4 Å². The van der Waals surface area contributed by atoms with Crippen LogP contribution in [0, 0.1) is 0 Å². The molecule has 5 nitrogen and oxygen atoms in total. The van der Waals surface area contributed by atoms with Crippen LogP contribution in [0.2, 0.25) is 5.02 Å². The van der Waals surface area contributed by atoms with Gasteiger partial charge in [-0.15, -0.1) is 0 Å². The Balaban J connectivity index is 1.65. The summed E-state index contributed by atoms with van der Waals surface area (Å²) in [5.74, 6) is 2.28. The number of anilines is 1. The summed E-state index contributed by atoms with van der Waals surface area (Å²) in [6.07, 6.45) is 0.972. The Hall–Kier alpha value is -2.11. The van der Waals surface area contributed by atoms with Gasteiger partial charge in [0, 0.05) is 43.5 Å². The second-order valence-corrected chi connectivity index (χ2v) is 8.00. The standard InChI is InChI=1S/C23H31ClN2O3/c1-16(12-18-6-9-21(27-3)23(13-18)29-5)26-11-10-25(15-17(26)2)19-7-8-20(24)22(14-19)28-4/h6-9,13-14,16-17H,10-12,15H2,1-5H3/t16?,17-/m0/s1. The highest BCUT2D eigenvalue weighted by atomic mass is 35.5. The first-order valence-electron chi connectivity index (χ1n) is 10.0. The zero-order valence-electron chi connectivity index (χ0n) is 17.9. The van der Waals surface area contributed by atoms with Crippen molar-refractivity contribution >= 4 is 17.3 Å².